The largest absolute Gasteiger partial charge is 0.388 e. The lowest BCUT2D eigenvalue weighted by molar-refractivity contribution is 0.0113. The van der Waals surface area contributed by atoms with Gasteiger partial charge in [-0.3, -0.25) is 4.99 Å². The number of aliphatic imine (C=N–C) groups is 1. The summed E-state index contributed by atoms with van der Waals surface area (Å²) in [6.07, 6.45) is 6.40. The van der Waals surface area contributed by atoms with Crippen molar-refractivity contribution in [2.75, 3.05) is 39.2 Å². The topological polar surface area (TPSA) is 42.9 Å². The smallest absolute Gasteiger partial charge is 0.0704 e. The summed E-state index contributed by atoms with van der Waals surface area (Å²) in [5, 5.41) is 3.19. The van der Waals surface area contributed by atoms with Crippen LogP contribution in [-0.4, -0.2) is 46.2 Å². The van der Waals surface area contributed by atoms with Crippen LogP contribution in [0.4, 0.5) is 5.69 Å². The van der Waals surface area contributed by atoms with E-state index in [1.807, 2.05) is 40.1 Å². The van der Waals surface area contributed by atoms with Crippen LogP contribution >= 0.6 is 0 Å². The van der Waals surface area contributed by atoms with E-state index in [2.05, 4.69) is 62.8 Å². The maximum atomic E-state index is 5.41. The number of rotatable bonds is 11. The van der Waals surface area contributed by atoms with Crippen LogP contribution in [0.2, 0.25) is 0 Å². The lowest BCUT2D eigenvalue weighted by Crippen LogP contribution is -2.11. The summed E-state index contributed by atoms with van der Waals surface area (Å²) >= 11 is 0. The summed E-state index contributed by atoms with van der Waals surface area (Å²) in [5.41, 5.74) is 5.48. The van der Waals surface area contributed by atoms with Crippen LogP contribution in [0.3, 0.4) is 0 Å². The molecule has 0 radical (unpaired) electrons. The molecule has 0 spiro atoms. The number of nitrogens with zero attached hydrogens (tertiary/aromatic N) is 1. The molecule has 1 rings (SSSR count). The summed E-state index contributed by atoms with van der Waals surface area (Å²) in [6.45, 7) is 20.9. The second-order valence-corrected chi connectivity index (χ2v) is 6.61. The van der Waals surface area contributed by atoms with Crippen molar-refractivity contribution in [3.63, 3.8) is 0 Å². The summed E-state index contributed by atoms with van der Waals surface area (Å²) in [4.78, 5) is 4.06. The van der Waals surface area contributed by atoms with Crippen molar-refractivity contribution in [1.29, 1.82) is 0 Å². The molecule has 0 saturated heterocycles. The minimum atomic E-state index is 0.375. The third-order valence-electron chi connectivity index (χ3n) is 4.25. The van der Waals surface area contributed by atoms with Crippen LogP contribution in [-0.2, 0) is 9.47 Å². The van der Waals surface area contributed by atoms with Gasteiger partial charge in [0.15, 0.2) is 0 Å². The maximum absolute atomic E-state index is 5.41. The van der Waals surface area contributed by atoms with Gasteiger partial charge in [0.2, 0.25) is 0 Å². The molecule has 0 saturated carbocycles. The Hall–Kier alpha value is -1.91. The van der Waals surface area contributed by atoms with Crippen LogP contribution in [0.1, 0.15) is 65.5 Å². The molecule has 0 aliphatic heterocycles. The van der Waals surface area contributed by atoms with E-state index in [-0.39, 0.29) is 0 Å². The lowest BCUT2D eigenvalue weighted by atomic mass is 9.96. The molecule has 1 unspecified atom stereocenters. The van der Waals surface area contributed by atoms with Gasteiger partial charge in [-0.1, -0.05) is 52.0 Å². The third-order valence-corrected chi connectivity index (χ3v) is 4.25. The Kier molecular flexibility index (Phi) is 20.6. The molecular weight excluding hydrogens is 372 g/mol. The number of aryl methyl sites for hydroxylation is 1. The lowest BCUT2D eigenvalue weighted by Gasteiger charge is -2.13. The molecule has 0 fully saturated rings. The first-order valence-corrected chi connectivity index (χ1v) is 11.2. The van der Waals surface area contributed by atoms with Gasteiger partial charge in [-0.15, -0.1) is 0 Å². The van der Waals surface area contributed by atoms with Gasteiger partial charge in [-0.05, 0) is 56.9 Å². The molecule has 0 bridgehead atoms. The van der Waals surface area contributed by atoms with Crippen LogP contribution in [0.25, 0.3) is 5.57 Å². The molecule has 0 aliphatic carbocycles. The zero-order valence-corrected chi connectivity index (χ0v) is 21.0. The molecule has 1 atom stereocenters. The highest BCUT2D eigenvalue weighted by molar-refractivity contribution is 6.02. The Morgan fingerprint density at radius 1 is 1.20 bits per heavy atom. The van der Waals surface area contributed by atoms with E-state index in [0.717, 1.165) is 55.1 Å². The molecule has 1 aromatic carbocycles. The van der Waals surface area contributed by atoms with Gasteiger partial charge in [0.05, 0.1) is 19.3 Å². The molecule has 1 aromatic rings. The van der Waals surface area contributed by atoms with Gasteiger partial charge in [0.25, 0.3) is 0 Å². The molecule has 0 aliphatic rings. The highest BCUT2D eigenvalue weighted by Gasteiger charge is 2.08. The molecule has 4 heteroatoms. The van der Waals surface area contributed by atoms with Crippen molar-refractivity contribution in [2.24, 2.45) is 4.99 Å². The monoisotopic (exact) mass is 418 g/mol. The average Bonchev–Trinajstić information content (AvgIpc) is 2.78. The number of hydrogen-bond acceptors (Lipinski definition) is 4. The van der Waals surface area contributed by atoms with Gasteiger partial charge >= 0.3 is 0 Å². The first-order chi connectivity index (χ1) is 14.4. The van der Waals surface area contributed by atoms with Crippen LogP contribution in [0, 0.1) is 6.92 Å². The van der Waals surface area contributed by atoms with E-state index in [4.69, 9.17) is 9.47 Å². The molecule has 172 valence electrons. The first-order valence-electron chi connectivity index (χ1n) is 11.2. The van der Waals surface area contributed by atoms with E-state index in [9.17, 15) is 0 Å². The van der Waals surface area contributed by atoms with Crippen molar-refractivity contribution in [3.05, 3.63) is 47.6 Å². The summed E-state index contributed by atoms with van der Waals surface area (Å²) in [6, 6.07) is 6.30. The molecule has 0 aromatic heterocycles. The van der Waals surface area contributed by atoms with Crippen LogP contribution < -0.4 is 5.32 Å². The zero-order chi connectivity index (χ0) is 23.4. The zero-order valence-electron chi connectivity index (χ0n) is 21.0. The van der Waals surface area contributed by atoms with Crippen molar-refractivity contribution < 1.29 is 9.47 Å². The Morgan fingerprint density at radius 2 is 1.87 bits per heavy atom. The number of nitrogens with one attached hydrogen (secondary N) is 1. The molecule has 1 N–H and O–H groups in total. The highest BCUT2D eigenvalue weighted by Crippen LogP contribution is 2.28. The normalized spacial score (nSPS) is 11.8. The number of ether oxygens (including phenoxy) is 2. The fourth-order valence-electron chi connectivity index (χ4n) is 2.42. The van der Waals surface area contributed by atoms with Gasteiger partial charge in [-0.25, -0.2) is 0 Å². The van der Waals surface area contributed by atoms with Crippen LogP contribution in [0.5, 0.6) is 0 Å². The molecule has 4 nitrogen and oxygen atoms in total. The Morgan fingerprint density at radius 3 is 2.37 bits per heavy atom. The second kappa shape index (κ2) is 20.4. The van der Waals surface area contributed by atoms with E-state index < -0.39 is 0 Å². The Labute approximate surface area is 186 Å². The van der Waals surface area contributed by atoms with Crippen molar-refractivity contribution in [2.45, 2.75) is 67.4 Å². The number of hydrogen-bond donors (Lipinski definition) is 1. The van der Waals surface area contributed by atoms with E-state index in [1.54, 1.807) is 7.05 Å². The number of anilines is 1. The molecular formula is C26H46N2O2. The average molecular weight is 419 g/mol. The minimum absolute atomic E-state index is 0.375. The fraction of sp³-hybridized carbons (Fsp3) is 0.577. The predicted octanol–water partition coefficient (Wildman–Crippen LogP) is 6.95. The summed E-state index contributed by atoms with van der Waals surface area (Å²) < 4.78 is 10.7. The van der Waals surface area contributed by atoms with E-state index in [1.165, 1.54) is 5.56 Å². The van der Waals surface area contributed by atoms with Crippen molar-refractivity contribution in [3.8, 4) is 0 Å². The number of allylic oxidation sites excluding steroid dienone is 3. The fourth-order valence-corrected chi connectivity index (χ4v) is 2.42. The van der Waals surface area contributed by atoms with Gasteiger partial charge in [0.1, 0.15) is 0 Å². The van der Waals surface area contributed by atoms with Crippen LogP contribution in [0.15, 0.2) is 41.4 Å². The summed E-state index contributed by atoms with van der Waals surface area (Å²) in [7, 11) is 3.69. The quantitative estimate of drug-likeness (QED) is 0.240. The van der Waals surface area contributed by atoms with Crippen molar-refractivity contribution in [1.82, 2.24) is 0 Å². The molecule has 0 amide bonds. The second-order valence-electron chi connectivity index (χ2n) is 6.61. The molecule has 0 heterocycles. The number of benzene rings is 1. The third kappa shape index (κ3) is 13.3. The molecule has 30 heavy (non-hydrogen) atoms. The Bertz CT molecular complexity index is 621. The Balaban J connectivity index is 0. The maximum Gasteiger partial charge on any atom is 0.0704 e. The van der Waals surface area contributed by atoms with E-state index >= 15 is 0 Å². The van der Waals surface area contributed by atoms with E-state index in [0.29, 0.717) is 6.10 Å². The minimum Gasteiger partial charge on any atom is -0.388 e. The standard InChI is InChI=1S/C15H20N2.C9H20O2.C2H6/c1-6-13(10-16-4)12(3)14-9-11(2)7-8-15(14)17-5;1-4-6-10-7-8-11-9(3)5-2;1-2/h6-10,17H,3H2,1-2,4-5H3;9H,4-8H2,1-3H3;1-2H3/b13-6+,16-10?;;. The van der Waals surface area contributed by atoms with Gasteiger partial charge in [0, 0.05) is 38.2 Å². The summed E-state index contributed by atoms with van der Waals surface area (Å²) in [5.74, 6) is 0. The SMILES string of the molecule is C=C(/C(C=NC)=C/C)c1cc(C)ccc1NC.CC.CCCOCCOC(C)CC. The highest BCUT2D eigenvalue weighted by atomic mass is 16.5. The van der Waals surface area contributed by atoms with Gasteiger partial charge < -0.3 is 14.8 Å². The first kappa shape index (κ1) is 30.3. The predicted molar refractivity (Wildman–Crippen MR) is 136 cm³/mol. The van der Waals surface area contributed by atoms with Gasteiger partial charge in [-0.2, -0.15) is 0 Å². The van der Waals surface area contributed by atoms with Crippen molar-refractivity contribution >= 4 is 17.5 Å².